The predicted octanol–water partition coefficient (Wildman–Crippen LogP) is 7.86. The second kappa shape index (κ2) is 18.8. The first kappa shape index (κ1) is 24.5. The maximum Gasteiger partial charge on any atom is 0.307 e. The second-order valence-corrected chi connectivity index (χ2v) is 7.90. The fourth-order valence-electron chi connectivity index (χ4n) is 3.47. The molecule has 1 rings (SSSR count). The number of benzene rings is 1. The van der Waals surface area contributed by atoms with Crippen LogP contribution >= 0.6 is 0 Å². The number of rotatable bonds is 19. The monoisotopic (exact) mass is 389 g/mol. The lowest BCUT2D eigenvalue weighted by Gasteiger charge is -2.07. The molecule has 160 valence electrons. The van der Waals surface area contributed by atoms with Gasteiger partial charge in [-0.15, -0.1) is 0 Å². The van der Waals surface area contributed by atoms with Crippen molar-refractivity contribution in [2.24, 2.45) is 0 Å². The lowest BCUT2D eigenvalue weighted by atomic mass is 10.0. The molecule has 0 unspecified atom stereocenters. The van der Waals surface area contributed by atoms with Crippen LogP contribution in [0.3, 0.4) is 0 Å². The molecule has 0 atom stereocenters. The number of nitrogens with one attached hydrogen (secondary N) is 1. The summed E-state index contributed by atoms with van der Waals surface area (Å²) in [6.45, 7) is 2.53. The van der Waals surface area contributed by atoms with E-state index in [2.05, 4.69) is 12.2 Å². The summed E-state index contributed by atoms with van der Waals surface area (Å²) >= 11 is 0. The van der Waals surface area contributed by atoms with E-state index in [4.69, 9.17) is 4.74 Å². The Balaban J connectivity index is 1.76. The van der Waals surface area contributed by atoms with Crippen LogP contribution in [0.5, 0.6) is 0 Å². The van der Waals surface area contributed by atoms with E-state index in [0.29, 0.717) is 6.42 Å². The van der Waals surface area contributed by atoms with Gasteiger partial charge in [0.15, 0.2) is 6.73 Å². The van der Waals surface area contributed by atoms with Gasteiger partial charge >= 0.3 is 5.97 Å². The molecule has 3 nitrogen and oxygen atoms in total. The van der Waals surface area contributed by atoms with Crippen molar-refractivity contribution in [3.8, 4) is 0 Å². The lowest BCUT2D eigenvalue weighted by Crippen LogP contribution is -2.12. The van der Waals surface area contributed by atoms with Gasteiger partial charge in [-0.1, -0.05) is 115 Å². The fourth-order valence-corrected chi connectivity index (χ4v) is 3.47. The standard InChI is InChI=1S/C25H43NO2/c1-2-3-4-5-6-7-8-9-10-11-12-13-14-15-19-22-25(27)28-23-26-24-20-17-16-18-21-24/h16-18,20-21,26H,2-15,19,22-23H2,1H3. The molecule has 1 aromatic rings. The molecule has 0 fully saturated rings. The van der Waals surface area contributed by atoms with Crippen LogP contribution in [0.15, 0.2) is 30.3 Å². The number of hydrogen-bond donors (Lipinski definition) is 1. The van der Waals surface area contributed by atoms with Gasteiger partial charge < -0.3 is 10.1 Å². The number of hydrogen-bond acceptors (Lipinski definition) is 3. The number of para-hydroxylation sites is 1. The number of carbonyl (C=O) groups excluding carboxylic acids is 1. The molecule has 0 spiro atoms. The fraction of sp³-hybridized carbons (Fsp3) is 0.720. The van der Waals surface area contributed by atoms with Crippen LogP contribution in [0.4, 0.5) is 5.69 Å². The molecule has 0 heterocycles. The predicted molar refractivity (Wildman–Crippen MR) is 121 cm³/mol. The van der Waals surface area contributed by atoms with E-state index in [1.165, 1.54) is 83.5 Å². The minimum absolute atomic E-state index is 0.0990. The summed E-state index contributed by atoms with van der Waals surface area (Å²) in [4.78, 5) is 11.7. The average molecular weight is 390 g/mol. The minimum Gasteiger partial charge on any atom is -0.444 e. The van der Waals surface area contributed by atoms with Gasteiger partial charge in [0.05, 0.1) is 0 Å². The number of anilines is 1. The molecule has 28 heavy (non-hydrogen) atoms. The molecular formula is C25H43NO2. The summed E-state index contributed by atoms with van der Waals surface area (Å²) < 4.78 is 5.22. The van der Waals surface area contributed by atoms with Crippen LogP contribution < -0.4 is 5.32 Å². The molecule has 3 heteroatoms. The van der Waals surface area contributed by atoms with Gasteiger partial charge in [-0.25, -0.2) is 0 Å². The van der Waals surface area contributed by atoms with Gasteiger partial charge in [-0.05, 0) is 18.6 Å². The Morgan fingerprint density at radius 2 is 1.18 bits per heavy atom. The summed E-state index contributed by atoms with van der Waals surface area (Å²) in [6.07, 6.45) is 20.6. The zero-order valence-corrected chi connectivity index (χ0v) is 18.2. The number of carbonyl (C=O) groups is 1. The largest absolute Gasteiger partial charge is 0.444 e. The number of unbranched alkanes of at least 4 members (excludes halogenated alkanes) is 14. The van der Waals surface area contributed by atoms with Crippen molar-refractivity contribution in [1.29, 1.82) is 0 Å². The summed E-state index contributed by atoms with van der Waals surface area (Å²) in [5.74, 6) is -0.0990. The minimum atomic E-state index is -0.0990. The third-order valence-corrected chi connectivity index (χ3v) is 5.27. The van der Waals surface area contributed by atoms with E-state index in [1.54, 1.807) is 0 Å². The molecule has 0 radical (unpaired) electrons. The molecule has 0 amide bonds. The van der Waals surface area contributed by atoms with E-state index < -0.39 is 0 Å². The molecule has 0 bridgehead atoms. The van der Waals surface area contributed by atoms with Crippen molar-refractivity contribution >= 4 is 11.7 Å². The van der Waals surface area contributed by atoms with E-state index >= 15 is 0 Å². The normalized spacial score (nSPS) is 10.8. The van der Waals surface area contributed by atoms with Gasteiger partial charge in [0.1, 0.15) is 0 Å². The molecule has 0 aliphatic carbocycles. The Morgan fingerprint density at radius 3 is 1.68 bits per heavy atom. The molecule has 0 aromatic heterocycles. The zero-order valence-electron chi connectivity index (χ0n) is 18.2. The third kappa shape index (κ3) is 15.5. The van der Waals surface area contributed by atoms with Crippen LogP contribution in [-0.4, -0.2) is 12.7 Å². The molecule has 0 aliphatic rings. The van der Waals surface area contributed by atoms with Gasteiger partial charge in [0, 0.05) is 12.1 Å². The maximum atomic E-state index is 11.7. The molecule has 0 aliphatic heterocycles. The van der Waals surface area contributed by atoms with Crippen molar-refractivity contribution in [2.45, 2.75) is 110 Å². The Morgan fingerprint density at radius 1 is 0.714 bits per heavy atom. The van der Waals surface area contributed by atoms with Crippen molar-refractivity contribution in [3.63, 3.8) is 0 Å². The Bertz CT molecular complexity index is 461. The van der Waals surface area contributed by atoms with Gasteiger partial charge in [-0.2, -0.15) is 0 Å². The highest BCUT2D eigenvalue weighted by molar-refractivity contribution is 5.69. The molecule has 1 aromatic carbocycles. The van der Waals surface area contributed by atoms with Crippen LogP contribution in [0, 0.1) is 0 Å². The topological polar surface area (TPSA) is 38.3 Å². The molecule has 0 saturated heterocycles. The van der Waals surface area contributed by atoms with Crippen LogP contribution in [-0.2, 0) is 9.53 Å². The smallest absolute Gasteiger partial charge is 0.307 e. The Hall–Kier alpha value is -1.51. The van der Waals surface area contributed by atoms with Crippen molar-refractivity contribution in [3.05, 3.63) is 30.3 Å². The van der Waals surface area contributed by atoms with Crippen LogP contribution in [0.25, 0.3) is 0 Å². The van der Waals surface area contributed by atoms with Crippen molar-refractivity contribution in [1.82, 2.24) is 0 Å². The molecule has 1 N–H and O–H groups in total. The average Bonchev–Trinajstić information content (AvgIpc) is 2.71. The van der Waals surface area contributed by atoms with Gasteiger partial charge in [0.2, 0.25) is 0 Å². The zero-order chi connectivity index (χ0) is 20.1. The van der Waals surface area contributed by atoms with Crippen molar-refractivity contribution < 1.29 is 9.53 Å². The summed E-state index contributed by atoms with van der Waals surface area (Å²) in [7, 11) is 0. The van der Waals surface area contributed by atoms with Crippen molar-refractivity contribution in [2.75, 3.05) is 12.0 Å². The lowest BCUT2D eigenvalue weighted by molar-refractivity contribution is -0.143. The number of ether oxygens (including phenoxy) is 1. The first-order chi connectivity index (χ1) is 13.8. The number of esters is 1. The van der Waals surface area contributed by atoms with E-state index in [9.17, 15) is 4.79 Å². The molecular weight excluding hydrogens is 346 g/mol. The Labute approximate surface area is 173 Å². The molecule has 0 saturated carbocycles. The first-order valence-corrected chi connectivity index (χ1v) is 11.8. The summed E-state index contributed by atoms with van der Waals surface area (Å²) in [6, 6.07) is 9.80. The highest BCUT2D eigenvalue weighted by atomic mass is 16.5. The summed E-state index contributed by atoms with van der Waals surface area (Å²) in [5.41, 5.74) is 0.974. The van der Waals surface area contributed by atoms with Gasteiger partial charge in [-0.3, -0.25) is 4.79 Å². The van der Waals surface area contributed by atoms with E-state index in [-0.39, 0.29) is 12.7 Å². The van der Waals surface area contributed by atoms with E-state index in [0.717, 1.165) is 18.5 Å². The quantitative estimate of drug-likeness (QED) is 0.149. The summed E-state index contributed by atoms with van der Waals surface area (Å²) in [5, 5.41) is 3.09. The van der Waals surface area contributed by atoms with Gasteiger partial charge in [0.25, 0.3) is 0 Å². The first-order valence-electron chi connectivity index (χ1n) is 11.8. The van der Waals surface area contributed by atoms with Crippen LogP contribution in [0.2, 0.25) is 0 Å². The highest BCUT2D eigenvalue weighted by Gasteiger charge is 2.02. The second-order valence-electron chi connectivity index (χ2n) is 7.90. The third-order valence-electron chi connectivity index (χ3n) is 5.27. The Kier molecular flexibility index (Phi) is 16.5. The van der Waals surface area contributed by atoms with Crippen LogP contribution in [0.1, 0.15) is 110 Å². The highest BCUT2D eigenvalue weighted by Crippen LogP contribution is 2.14. The SMILES string of the molecule is CCCCCCCCCCCCCCCCCC(=O)OCNc1ccccc1. The van der Waals surface area contributed by atoms with E-state index in [1.807, 2.05) is 30.3 Å². The maximum absolute atomic E-state index is 11.7.